The Balaban J connectivity index is 2.53. The minimum Gasteiger partial charge on any atom is -0.424 e. The maximum atomic E-state index is 11.3. The number of benzene rings is 1. The lowest BCUT2D eigenvalue weighted by Gasteiger charge is -2.16. The van der Waals surface area contributed by atoms with Crippen molar-refractivity contribution in [1.29, 1.82) is 0 Å². The van der Waals surface area contributed by atoms with Crippen LogP contribution in [0.25, 0.3) is 6.08 Å². The SMILES string of the molecule is CB1C=Cc2c([O])cccc2N1. The van der Waals surface area contributed by atoms with E-state index >= 15 is 0 Å². The van der Waals surface area contributed by atoms with E-state index in [2.05, 4.69) is 12.1 Å². The van der Waals surface area contributed by atoms with Crippen LogP contribution in [0.1, 0.15) is 5.56 Å². The van der Waals surface area contributed by atoms with Gasteiger partial charge in [-0.3, -0.25) is 5.11 Å². The molecule has 0 spiro atoms. The van der Waals surface area contributed by atoms with Gasteiger partial charge in [0, 0.05) is 11.3 Å². The second kappa shape index (κ2) is 2.59. The molecule has 1 aromatic rings. The van der Waals surface area contributed by atoms with Crippen molar-refractivity contribution in [2.24, 2.45) is 0 Å². The number of anilines is 1. The number of rotatable bonds is 0. The number of hydrogen-bond acceptors (Lipinski definition) is 1. The fourth-order valence-corrected chi connectivity index (χ4v) is 1.38. The van der Waals surface area contributed by atoms with Crippen molar-refractivity contribution in [1.82, 2.24) is 0 Å². The summed E-state index contributed by atoms with van der Waals surface area (Å²) in [4.78, 5) is 0. The Kier molecular flexibility index (Phi) is 1.57. The molecule has 59 valence electrons. The van der Waals surface area contributed by atoms with Crippen LogP contribution in [0.3, 0.4) is 0 Å². The van der Waals surface area contributed by atoms with Gasteiger partial charge in [0.15, 0.2) is 5.75 Å². The normalized spacial score (nSPS) is 13.9. The van der Waals surface area contributed by atoms with Crippen molar-refractivity contribution >= 4 is 18.6 Å². The van der Waals surface area contributed by atoms with E-state index in [1.165, 1.54) is 0 Å². The minimum absolute atomic E-state index is 0.0863. The molecule has 2 rings (SSSR count). The van der Waals surface area contributed by atoms with E-state index in [0.717, 1.165) is 11.3 Å². The third-order valence-corrected chi connectivity index (χ3v) is 2.00. The van der Waals surface area contributed by atoms with Gasteiger partial charge in [-0.2, -0.15) is 0 Å². The molecule has 1 N–H and O–H groups in total. The largest absolute Gasteiger partial charge is 0.424 e. The van der Waals surface area contributed by atoms with Crippen LogP contribution >= 0.6 is 0 Å². The Labute approximate surface area is 72.0 Å². The zero-order chi connectivity index (χ0) is 8.55. The molecule has 3 heteroatoms. The topological polar surface area (TPSA) is 31.9 Å². The van der Waals surface area contributed by atoms with E-state index in [1.807, 2.05) is 18.1 Å². The molecule has 0 aromatic heterocycles. The van der Waals surface area contributed by atoms with Gasteiger partial charge in [0.2, 0.25) is 0 Å². The van der Waals surface area contributed by atoms with E-state index in [-0.39, 0.29) is 5.75 Å². The molecule has 0 bridgehead atoms. The lowest BCUT2D eigenvalue weighted by Crippen LogP contribution is -2.20. The predicted octanol–water partition coefficient (Wildman–Crippen LogP) is 2.43. The van der Waals surface area contributed by atoms with Crippen LogP contribution in [0.2, 0.25) is 6.82 Å². The molecular formula is C9H9BNO. The van der Waals surface area contributed by atoms with Crippen LogP contribution in [0.4, 0.5) is 5.69 Å². The summed E-state index contributed by atoms with van der Waals surface area (Å²) in [6, 6.07) is 5.29. The maximum Gasteiger partial charge on any atom is 0.275 e. The van der Waals surface area contributed by atoms with Gasteiger partial charge in [0.05, 0.1) is 0 Å². The summed E-state index contributed by atoms with van der Waals surface area (Å²) in [6.45, 7) is 2.37. The molecule has 0 saturated heterocycles. The van der Waals surface area contributed by atoms with Crippen molar-refractivity contribution < 1.29 is 5.11 Å². The third-order valence-electron chi connectivity index (χ3n) is 2.00. The fourth-order valence-electron chi connectivity index (χ4n) is 1.38. The van der Waals surface area contributed by atoms with Gasteiger partial charge in [-0.05, 0) is 12.1 Å². The van der Waals surface area contributed by atoms with Crippen molar-refractivity contribution in [2.75, 3.05) is 5.23 Å². The molecule has 0 unspecified atom stereocenters. The van der Waals surface area contributed by atoms with Crippen LogP contribution in [-0.4, -0.2) is 6.85 Å². The smallest absolute Gasteiger partial charge is 0.275 e. The molecule has 0 saturated carbocycles. The van der Waals surface area contributed by atoms with Crippen LogP contribution < -0.4 is 5.23 Å². The second-order valence-corrected chi connectivity index (χ2v) is 3.01. The number of fused-ring (bicyclic) bond motifs is 1. The molecule has 0 fully saturated rings. The predicted molar refractivity (Wildman–Crippen MR) is 50.8 cm³/mol. The molecule has 0 atom stereocenters. The summed E-state index contributed by atoms with van der Waals surface area (Å²) in [7, 11) is 0. The van der Waals surface area contributed by atoms with E-state index in [4.69, 9.17) is 0 Å². The first kappa shape index (κ1) is 7.28. The highest BCUT2D eigenvalue weighted by Crippen LogP contribution is 2.29. The quantitative estimate of drug-likeness (QED) is 0.577. The summed E-state index contributed by atoms with van der Waals surface area (Å²) in [6.07, 6.45) is 1.89. The van der Waals surface area contributed by atoms with E-state index < -0.39 is 0 Å². The fraction of sp³-hybridized carbons (Fsp3) is 0.111. The zero-order valence-corrected chi connectivity index (χ0v) is 6.87. The lowest BCUT2D eigenvalue weighted by molar-refractivity contribution is 0.354. The van der Waals surface area contributed by atoms with Gasteiger partial charge in [0.25, 0.3) is 6.85 Å². The molecule has 2 nitrogen and oxygen atoms in total. The first-order chi connectivity index (χ1) is 5.77. The number of hydrogen-bond donors (Lipinski definition) is 1. The van der Waals surface area contributed by atoms with Crippen LogP contribution in [0.5, 0.6) is 5.75 Å². The highest BCUT2D eigenvalue weighted by atomic mass is 16.3. The lowest BCUT2D eigenvalue weighted by atomic mass is 9.63. The van der Waals surface area contributed by atoms with E-state index in [1.54, 1.807) is 12.1 Å². The second-order valence-electron chi connectivity index (χ2n) is 3.01. The summed E-state index contributed by atoms with van der Waals surface area (Å²) >= 11 is 0. The average Bonchev–Trinajstić information content (AvgIpc) is 2.04. The molecule has 1 aromatic carbocycles. The first-order valence-corrected chi connectivity index (χ1v) is 4.02. The Bertz CT molecular complexity index is 335. The molecular weight excluding hydrogens is 149 g/mol. The Morgan fingerprint density at radius 1 is 1.42 bits per heavy atom. The van der Waals surface area contributed by atoms with Crippen molar-refractivity contribution in [2.45, 2.75) is 6.82 Å². The maximum absolute atomic E-state index is 11.3. The molecule has 1 heterocycles. The highest BCUT2D eigenvalue weighted by Gasteiger charge is 2.14. The molecule has 0 amide bonds. The molecule has 1 aliphatic heterocycles. The zero-order valence-electron chi connectivity index (χ0n) is 6.87. The minimum atomic E-state index is 0.0863. The first-order valence-electron chi connectivity index (χ1n) is 4.02. The Morgan fingerprint density at radius 2 is 2.25 bits per heavy atom. The molecule has 1 aliphatic rings. The highest BCUT2D eigenvalue weighted by molar-refractivity contribution is 6.67. The van der Waals surface area contributed by atoms with E-state index in [9.17, 15) is 5.11 Å². The van der Waals surface area contributed by atoms with E-state index in [0.29, 0.717) is 6.85 Å². The average molecular weight is 158 g/mol. The Morgan fingerprint density at radius 3 is 3.08 bits per heavy atom. The van der Waals surface area contributed by atoms with Crippen LogP contribution in [0.15, 0.2) is 24.2 Å². The van der Waals surface area contributed by atoms with Crippen molar-refractivity contribution in [3.63, 3.8) is 0 Å². The summed E-state index contributed by atoms with van der Waals surface area (Å²) in [5.74, 6) is 2.08. The number of nitrogens with one attached hydrogen (secondary N) is 1. The van der Waals surface area contributed by atoms with Crippen LogP contribution in [-0.2, 0) is 5.11 Å². The Hall–Kier alpha value is -1.38. The van der Waals surface area contributed by atoms with Crippen molar-refractivity contribution in [3.8, 4) is 5.75 Å². The van der Waals surface area contributed by atoms with Gasteiger partial charge in [-0.25, -0.2) is 0 Å². The third kappa shape index (κ3) is 1.07. The summed E-state index contributed by atoms with van der Waals surface area (Å²) in [5, 5.41) is 14.5. The van der Waals surface area contributed by atoms with Gasteiger partial charge >= 0.3 is 0 Å². The summed E-state index contributed by atoms with van der Waals surface area (Å²) < 4.78 is 0. The van der Waals surface area contributed by atoms with Gasteiger partial charge in [0.1, 0.15) is 0 Å². The molecule has 12 heavy (non-hydrogen) atoms. The monoisotopic (exact) mass is 158 g/mol. The van der Waals surface area contributed by atoms with Crippen molar-refractivity contribution in [3.05, 3.63) is 29.7 Å². The molecule has 1 radical (unpaired) electrons. The van der Waals surface area contributed by atoms with Gasteiger partial charge in [-0.1, -0.05) is 24.9 Å². The van der Waals surface area contributed by atoms with Crippen LogP contribution in [0, 0.1) is 0 Å². The summed E-state index contributed by atoms with van der Waals surface area (Å²) in [5.41, 5.74) is 1.72. The molecule has 0 aliphatic carbocycles. The van der Waals surface area contributed by atoms with Gasteiger partial charge in [-0.15, -0.1) is 0 Å². The standard InChI is InChI=1S/C9H9BNO/c1-10-6-5-7-8(11-10)3-2-4-9(7)12/h2-6,11H,1H3. The van der Waals surface area contributed by atoms with Gasteiger partial charge < -0.3 is 5.23 Å².